The van der Waals surface area contributed by atoms with E-state index in [1.807, 2.05) is 46.9 Å². The summed E-state index contributed by atoms with van der Waals surface area (Å²) in [6, 6.07) is 7.62. The molecule has 0 bridgehead atoms. The van der Waals surface area contributed by atoms with Gasteiger partial charge in [0.2, 0.25) is 0 Å². The van der Waals surface area contributed by atoms with Crippen LogP contribution in [0.25, 0.3) is 11.4 Å². The summed E-state index contributed by atoms with van der Waals surface area (Å²) in [4.78, 5) is 19.0. The van der Waals surface area contributed by atoms with Crippen molar-refractivity contribution < 1.29 is 4.74 Å². The van der Waals surface area contributed by atoms with Crippen molar-refractivity contribution in [3.63, 3.8) is 0 Å². The molecule has 1 aromatic carbocycles. The third-order valence-electron chi connectivity index (χ3n) is 2.31. The number of nitrogens with one attached hydrogen (secondary N) is 1. The molecule has 0 saturated carbocycles. The molecule has 6 heteroatoms. The van der Waals surface area contributed by atoms with Gasteiger partial charge in [0.25, 0.3) is 5.56 Å². The third-order valence-corrected chi connectivity index (χ3v) is 3.92. The van der Waals surface area contributed by atoms with Crippen LogP contribution >= 0.6 is 38.5 Å². The fourth-order valence-corrected chi connectivity index (χ4v) is 2.32. The molecule has 0 amide bonds. The Morgan fingerprint density at radius 2 is 2.28 bits per heavy atom. The van der Waals surface area contributed by atoms with Gasteiger partial charge in [-0.3, -0.25) is 4.79 Å². The molecule has 2 rings (SSSR count). The first-order valence-corrected chi connectivity index (χ1v) is 7.02. The van der Waals surface area contributed by atoms with E-state index in [9.17, 15) is 4.79 Å². The van der Waals surface area contributed by atoms with Crippen molar-refractivity contribution in [2.45, 2.75) is 6.61 Å². The molecule has 0 saturated heterocycles. The van der Waals surface area contributed by atoms with Gasteiger partial charge in [-0.05, 0) is 34.7 Å². The maximum absolute atomic E-state index is 11.8. The molecule has 0 unspecified atom stereocenters. The normalized spacial score (nSPS) is 10.6. The van der Waals surface area contributed by atoms with Crippen LogP contribution in [0.4, 0.5) is 0 Å². The molecule has 0 spiro atoms. The Hall–Kier alpha value is -0.730. The number of benzene rings is 1. The molecule has 4 nitrogen and oxygen atoms in total. The van der Waals surface area contributed by atoms with E-state index in [1.54, 1.807) is 7.11 Å². The molecule has 1 aromatic heterocycles. The minimum atomic E-state index is -0.146. The Morgan fingerprint density at radius 3 is 2.94 bits per heavy atom. The highest BCUT2D eigenvalue weighted by molar-refractivity contribution is 14.1. The molecule has 0 fully saturated rings. The number of methoxy groups -OCH3 is 1. The molecule has 0 aliphatic heterocycles. The van der Waals surface area contributed by atoms with Gasteiger partial charge in [-0.1, -0.05) is 28.1 Å². The standard InChI is InChI=1S/C12H10BrIN2O2/c1-18-6-9-10(14)12(17)16-11(15-9)7-3-2-4-8(13)5-7/h2-5H,6H2,1H3,(H,15,16,17). The van der Waals surface area contributed by atoms with Crippen molar-refractivity contribution in [1.82, 2.24) is 9.97 Å². The van der Waals surface area contributed by atoms with Crippen LogP contribution in [-0.4, -0.2) is 17.1 Å². The molecule has 2 aromatic rings. The van der Waals surface area contributed by atoms with E-state index < -0.39 is 0 Å². The lowest BCUT2D eigenvalue weighted by Gasteiger charge is -2.06. The molecule has 0 aliphatic carbocycles. The van der Waals surface area contributed by atoms with E-state index in [0.717, 1.165) is 10.0 Å². The third kappa shape index (κ3) is 2.99. The van der Waals surface area contributed by atoms with Crippen LogP contribution in [0.1, 0.15) is 5.69 Å². The first-order chi connectivity index (χ1) is 8.61. The van der Waals surface area contributed by atoms with E-state index in [4.69, 9.17) is 4.74 Å². The van der Waals surface area contributed by atoms with Crippen LogP contribution in [0.3, 0.4) is 0 Å². The topological polar surface area (TPSA) is 55.0 Å². The van der Waals surface area contributed by atoms with Gasteiger partial charge in [0.1, 0.15) is 9.39 Å². The Balaban J connectivity index is 2.55. The highest BCUT2D eigenvalue weighted by Crippen LogP contribution is 2.20. The fourth-order valence-electron chi connectivity index (χ4n) is 1.51. The first kappa shape index (κ1) is 13.7. The number of halogens is 2. The van der Waals surface area contributed by atoms with Gasteiger partial charge in [0.15, 0.2) is 0 Å². The van der Waals surface area contributed by atoms with Crippen LogP contribution < -0.4 is 5.56 Å². The smallest absolute Gasteiger partial charge is 0.264 e. The van der Waals surface area contributed by atoms with Crippen LogP contribution in [0, 0.1) is 3.57 Å². The van der Waals surface area contributed by atoms with Gasteiger partial charge in [-0.25, -0.2) is 4.98 Å². The summed E-state index contributed by atoms with van der Waals surface area (Å²) in [5.41, 5.74) is 1.36. The second-order valence-corrected chi connectivity index (χ2v) is 5.61. The van der Waals surface area contributed by atoms with Gasteiger partial charge in [0, 0.05) is 17.1 Å². The number of rotatable bonds is 3. The molecule has 94 valence electrons. The number of hydrogen-bond donors (Lipinski definition) is 1. The van der Waals surface area contributed by atoms with Gasteiger partial charge in [0.05, 0.1) is 12.3 Å². The van der Waals surface area contributed by atoms with Gasteiger partial charge in [-0.2, -0.15) is 0 Å². The van der Waals surface area contributed by atoms with Gasteiger partial charge >= 0.3 is 0 Å². The second-order valence-electron chi connectivity index (χ2n) is 3.62. The predicted octanol–water partition coefficient (Wildman–Crippen LogP) is 2.95. The van der Waals surface area contributed by atoms with Crippen LogP contribution in [-0.2, 0) is 11.3 Å². The fraction of sp³-hybridized carbons (Fsp3) is 0.167. The summed E-state index contributed by atoms with van der Waals surface area (Å²) in [6.07, 6.45) is 0. The first-order valence-electron chi connectivity index (χ1n) is 5.15. The summed E-state index contributed by atoms with van der Waals surface area (Å²) in [5.74, 6) is 0.550. The summed E-state index contributed by atoms with van der Waals surface area (Å²) < 4.78 is 6.55. The van der Waals surface area contributed by atoms with E-state index >= 15 is 0 Å². The molecule has 18 heavy (non-hydrogen) atoms. The summed E-state index contributed by atoms with van der Waals surface area (Å²) in [5, 5.41) is 0. The predicted molar refractivity (Wildman–Crippen MR) is 81.4 cm³/mol. The van der Waals surface area contributed by atoms with E-state index in [1.165, 1.54) is 0 Å². The van der Waals surface area contributed by atoms with E-state index in [0.29, 0.717) is 21.7 Å². The van der Waals surface area contributed by atoms with Gasteiger partial charge in [-0.15, -0.1) is 0 Å². The van der Waals surface area contributed by atoms with Crippen molar-refractivity contribution in [3.8, 4) is 11.4 Å². The number of ether oxygens (including phenoxy) is 1. The van der Waals surface area contributed by atoms with Crippen molar-refractivity contribution in [3.05, 3.63) is 48.4 Å². The zero-order chi connectivity index (χ0) is 13.1. The molecule has 0 radical (unpaired) electrons. The summed E-state index contributed by atoms with van der Waals surface area (Å²) in [7, 11) is 1.58. The average Bonchev–Trinajstić information content (AvgIpc) is 2.35. The lowest BCUT2D eigenvalue weighted by atomic mass is 10.2. The second kappa shape index (κ2) is 5.94. The Labute approximate surface area is 126 Å². The minimum absolute atomic E-state index is 0.146. The Bertz CT molecular complexity index is 628. The Kier molecular flexibility index (Phi) is 4.52. The van der Waals surface area contributed by atoms with Gasteiger partial charge < -0.3 is 9.72 Å². The highest BCUT2D eigenvalue weighted by atomic mass is 127. The lowest BCUT2D eigenvalue weighted by molar-refractivity contribution is 0.180. The van der Waals surface area contributed by atoms with Crippen molar-refractivity contribution in [2.24, 2.45) is 0 Å². The number of H-pyrrole nitrogens is 1. The summed E-state index contributed by atoms with van der Waals surface area (Å²) >= 11 is 5.37. The zero-order valence-corrected chi connectivity index (χ0v) is 13.3. The van der Waals surface area contributed by atoms with Crippen LogP contribution in [0.2, 0.25) is 0 Å². The molecule has 1 heterocycles. The summed E-state index contributed by atoms with van der Waals surface area (Å²) in [6.45, 7) is 0.323. The quantitative estimate of drug-likeness (QED) is 0.776. The zero-order valence-electron chi connectivity index (χ0n) is 9.54. The lowest BCUT2D eigenvalue weighted by Crippen LogP contribution is -2.16. The van der Waals surface area contributed by atoms with Crippen molar-refractivity contribution in [1.29, 1.82) is 0 Å². The number of aromatic amines is 1. The molecule has 0 aliphatic rings. The van der Waals surface area contributed by atoms with Crippen molar-refractivity contribution in [2.75, 3.05) is 7.11 Å². The van der Waals surface area contributed by atoms with Crippen LogP contribution in [0.5, 0.6) is 0 Å². The Morgan fingerprint density at radius 1 is 1.50 bits per heavy atom. The highest BCUT2D eigenvalue weighted by Gasteiger charge is 2.10. The largest absolute Gasteiger partial charge is 0.378 e. The molecule has 0 atom stereocenters. The SMILES string of the molecule is COCc1nc(-c2cccc(Br)c2)[nH]c(=O)c1I. The maximum atomic E-state index is 11.8. The molecular formula is C12H10BrIN2O2. The number of nitrogens with zero attached hydrogens (tertiary/aromatic N) is 1. The molecule has 1 N–H and O–H groups in total. The van der Waals surface area contributed by atoms with Crippen molar-refractivity contribution >= 4 is 38.5 Å². The van der Waals surface area contributed by atoms with E-state index in [2.05, 4.69) is 25.9 Å². The maximum Gasteiger partial charge on any atom is 0.264 e. The number of aromatic nitrogens is 2. The van der Waals surface area contributed by atoms with E-state index in [-0.39, 0.29) is 5.56 Å². The number of hydrogen-bond acceptors (Lipinski definition) is 3. The van der Waals surface area contributed by atoms with Crippen LogP contribution in [0.15, 0.2) is 33.5 Å². The molecular weight excluding hydrogens is 411 g/mol. The monoisotopic (exact) mass is 420 g/mol. The minimum Gasteiger partial charge on any atom is -0.378 e. The average molecular weight is 421 g/mol.